The predicted molar refractivity (Wildman–Crippen MR) is 149 cm³/mol. The summed E-state index contributed by atoms with van der Waals surface area (Å²) in [6.07, 6.45) is 11.4. The van der Waals surface area contributed by atoms with Gasteiger partial charge in [-0.2, -0.15) is 5.10 Å². The number of fused-ring (bicyclic) bond motifs is 2. The maximum atomic E-state index is 13.5. The zero-order valence-electron chi connectivity index (χ0n) is 20.9. The van der Waals surface area contributed by atoms with Gasteiger partial charge in [-0.15, -0.1) is 0 Å². The normalized spacial score (nSPS) is 14.4. The topological polar surface area (TPSA) is 73.5 Å². The van der Waals surface area contributed by atoms with E-state index in [4.69, 9.17) is 0 Å². The first-order chi connectivity index (χ1) is 18.7. The van der Waals surface area contributed by atoms with Gasteiger partial charge in [0.05, 0.1) is 22.9 Å². The van der Waals surface area contributed by atoms with E-state index in [1.807, 2.05) is 24.8 Å². The highest BCUT2D eigenvalue weighted by Crippen LogP contribution is 2.35. The van der Waals surface area contributed by atoms with Gasteiger partial charge in [0.1, 0.15) is 11.5 Å². The molecule has 0 atom stereocenters. The highest BCUT2D eigenvalue weighted by atomic mass is 19.1. The number of likely N-dealkylation sites (tertiary alicyclic amines) is 1. The van der Waals surface area contributed by atoms with Crippen LogP contribution in [0.25, 0.3) is 55.4 Å². The Kier molecular flexibility index (Phi) is 5.70. The molecule has 0 radical (unpaired) electrons. The van der Waals surface area contributed by atoms with E-state index in [2.05, 4.69) is 60.4 Å². The minimum absolute atomic E-state index is 0.255. The van der Waals surface area contributed by atoms with Crippen molar-refractivity contribution in [2.45, 2.75) is 25.8 Å². The zero-order valence-corrected chi connectivity index (χ0v) is 20.9. The smallest absolute Gasteiger partial charge is 0.123 e. The van der Waals surface area contributed by atoms with Crippen molar-refractivity contribution in [3.05, 3.63) is 90.8 Å². The van der Waals surface area contributed by atoms with Crippen LogP contribution in [0.4, 0.5) is 4.39 Å². The van der Waals surface area contributed by atoms with Gasteiger partial charge in [0.15, 0.2) is 0 Å². The molecule has 4 aromatic heterocycles. The van der Waals surface area contributed by atoms with Gasteiger partial charge in [-0.1, -0.05) is 24.6 Å². The molecule has 6 aromatic rings. The molecule has 1 fully saturated rings. The number of aromatic nitrogens is 5. The Morgan fingerprint density at radius 2 is 1.55 bits per heavy atom. The predicted octanol–water partition coefficient (Wildman–Crippen LogP) is 6.96. The molecule has 5 heterocycles. The molecule has 7 rings (SSSR count). The number of hydrogen-bond acceptors (Lipinski definition) is 4. The van der Waals surface area contributed by atoms with Gasteiger partial charge < -0.3 is 4.98 Å². The highest BCUT2D eigenvalue weighted by molar-refractivity contribution is 6.01. The summed E-state index contributed by atoms with van der Waals surface area (Å²) in [6, 6.07) is 17.2. The summed E-state index contributed by atoms with van der Waals surface area (Å²) in [5, 5.41) is 9.89. The van der Waals surface area contributed by atoms with Crippen LogP contribution >= 0.6 is 0 Å². The molecule has 0 amide bonds. The van der Waals surface area contributed by atoms with Crippen molar-refractivity contribution in [2.24, 2.45) is 0 Å². The van der Waals surface area contributed by atoms with Crippen molar-refractivity contribution < 1.29 is 4.39 Å². The van der Waals surface area contributed by atoms with Crippen molar-refractivity contribution in [1.29, 1.82) is 0 Å². The van der Waals surface area contributed by atoms with Crippen molar-refractivity contribution in [3.8, 4) is 33.6 Å². The number of nitrogens with one attached hydrogen (secondary N) is 2. The Balaban J connectivity index is 1.25. The third kappa shape index (κ3) is 4.25. The molecular weight excluding hydrogens is 475 g/mol. The molecule has 1 saturated heterocycles. The molecule has 188 valence electrons. The lowest BCUT2D eigenvalue weighted by molar-refractivity contribution is 0.220. The van der Waals surface area contributed by atoms with Crippen LogP contribution in [0.2, 0.25) is 0 Å². The van der Waals surface area contributed by atoms with Crippen LogP contribution in [-0.4, -0.2) is 43.1 Å². The first kappa shape index (κ1) is 22.8. The molecule has 2 N–H and O–H groups in total. The highest BCUT2D eigenvalue weighted by Gasteiger charge is 2.16. The SMILES string of the molecule is Fc1ccc(-c2cncc3[nH]c(-c4n[nH]c5ccc(-c6cncc(CN7CCCCC7)c6)cc45)cc23)cc1. The van der Waals surface area contributed by atoms with Crippen molar-refractivity contribution in [3.63, 3.8) is 0 Å². The van der Waals surface area contributed by atoms with Crippen LogP contribution in [0, 0.1) is 5.82 Å². The molecule has 0 aliphatic carbocycles. The minimum Gasteiger partial charge on any atom is -0.352 e. The number of benzene rings is 2. The number of pyridine rings is 2. The molecule has 0 unspecified atom stereocenters. The van der Waals surface area contributed by atoms with E-state index in [0.717, 1.165) is 75.1 Å². The number of halogens is 1. The molecule has 0 saturated carbocycles. The van der Waals surface area contributed by atoms with Crippen LogP contribution in [-0.2, 0) is 6.54 Å². The largest absolute Gasteiger partial charge is 0.352 e. The molecule has 2 aromatic carbocycles. The summed E-state index contributed by atoms with van der Waals surface area (Å²) < 4.78 is 13.5. The first-order valence-corrected chi connectivity index (χ1v) is 13.1. The van der Waals surface area contributed by atoms with Crippen LogP contribution < -0.4 is 0 Å². The Bertz CT molecular complexity index is 1740. The maximum Gasteiger partial charge on any atom is 0.123 e. The van der Waals surface area contributed by atoms with Gasteiger partial charge in [0.25, 0.3) is 0 Å². The molecule has 1 aliphatic heterocycles. The first-order valence-electron chi connectivity index (χ1n) is 13.1. The summed E-state index contributed by atoms with van der Waals surface area (Å²) in [4.78, 5) is 15.0. The average Bonchev–Trinajstić information content (AvgIpc) is 3.58. The fourth-order valence-electron chi connectivity index (χ4n) is 5.54. The van der Waals surface area contributed by atoms with Crippen LogP contribution in [0.3, 0.4) is 0 Å². The lowest BCUT2D eigenvalue weighted by Crippen LogP contribution is -2.29. The quantitative estimate of drug-likeness (QED) is 0.267. The molecule has 6 nitrogen and oxygen atoms in total. The summed E-state index contributed by atoms with van der Waals surface area (Å²) in [7, 11) is 0. The van der Waals surface area contributed by atoms with Crippen LogP contribution in [0.5, 0.6) is 0 Å². The number of hydrogen-bond donors (Lipinski definition) is 2. The second-order valence-electron chi connectivity index (χ2n) is 10.1. The molecular formula is C31H27FN6. The van der Waals surface area contributed by atoms with Gasteiger partial charge in [-0.05, 0) is 79.0 Å². The van der Waals surface area contributed by atoms with Gasteiger partial charge in [0.2, 0.25) is 0 Å². The van der Waals surface area contributed by atoms with Gasteiger partial charge in [-0.3, -0.25) is 20.0 Å². The van der Waals surface area contributed by atoms with Crippen molar-refractivity contribution in [1.82, 2.24) is 30.0 Å². The summed E-state index contributed by atoms with van der Waals surface area (Å²) in [5.41, 5.74) is 8.94. The average molecular weight is 503 g/mol. The van der Waals surface area contributed by atoms with E-state index >= 15 is 0 Å². The standard InChI is InChI=1S/C31H27FN6/c32-24-7-4-21(5-8-24)27-17-34-18-30-25(27)14-29(35-30)31-26-13-22(6-9-28(26)36-37-31)23-12-20(15-33-16-23)19-38-10-2-1-3-11-38/h4-9,12-18,35H,1-3,10-11,19H2,(H,36,37). The molecule has 1 aliphatic rings. The second kappa shape index (κ2) is 9.50. The van der Waals surface area contributed by atoms with Crippen LogP contribution in [0.1, 0.15) is 24.8 Å². The third-order valence-electron chi connectivity index (χ3n) is 7.50. The third-order valence-corrected chi connectivity index (χ3v) is 7.50. The molecule has 38 heavy (non-hydrogen) atoms. The number of rotatable bonds is 5. The Morgan fingerprint density at radius 3 is 2.42 bits per heavy atom. The number of piperidine rings is 1. The summed E-state index contributed by atoms with van der Waals surface area (Å²) in [5.74, 6) is -0.255. The van der Waals surface area contributed by atoms with Gasteiger partial charge in [-0.25, -0.2) is 4.39 Å². The van der Waals surface area contributed by atoms with Gasteiger partial charge >= 0.3 is 0 Å². The number of nitrogens with zero attached hydrogens (tertiary/aromatic N) is 4. The Hall–Kier alpha value is -4.36. The fourth-order valence-corrected chi connectivity index (χ4v) is 5.54. The van der Waals surface area contributed by atoms with E-state index in [1.165, 1.54) is 37.0 Å². The Morgan fingerprint density at radius 1 is 0.737 bits per heavy atom. The lowest BCUT2D eigenvalue weighted by Gasteiger charge is -2.26. The molecule has 0 bridgehead atoms. The van der Waals surface area contributed by atoms with E-state index in [1.54, 1.807) is 12.1 Å². The number of aromatic amines is 2. The maximum absolute atomic E-state index is 13.5. The van der Waals surface area contributed by atoms with Crippen molar-refractivity contribution in [2.75, 3.05) is 13.1 Å². The molecule has 7 heteroatoms. The van der Waals surface area contributed by atoms with E-state index in [0.29, 0.717) is 0 Å². The minimum atomic E-state index is -0.255. The van der Waals surface area contributed by atoms with E-state index < -0.39 is 0 Å². The summed E-state index contributed by atoms with van der Waals surface area (Å²) in [6.45, 7) is 3.27. The van der Waals surface area contributed by atoms with Gasteiger partial charge in [0, 0.05) is 47.0 Å². The van der Waals surface area contributed by atoms with Crippen molar-refractivity contribution >= 4 is 21.8 Å². The fraction of sp³-hybridized carbons (Fsp3) is 0.194. The van der Waals surface area contributed by atoms with E-state index in [9.17, 15) is 4.39 Å². The zero-order chi connectivity index (χ0) is 25.5. The monoisotopic (exact) mass is 502 g/mol. The second-order valence-corrected chi connectivity index (χ2v) is 10.1. The number of H-pyrrole nitrogens is 2. The molecule has 0 spiro atoms. The lowest BCUT2D eigenvalue weighted by atomic mass is 10.0. The van der Waals surface area contributed by atoms with Crippen LogP contribution in [0.15, 0.2) is 79.4 Å². The van der Waals surface area contributed by atoms with E-state index in [-0.39, 0.29) is 5.82 Å². The summed E-state index contributed by atoms with van der Waals surface area (Å²) >= 11 is 0. The Labute approximate surface area is 219 Å².